The molecule has 0 aliphatic rings. The van der Waals surface area contributed by atoms with E-state index in [1.807, 2.05) is 6.92 Å². The van der Waals surface area contributed by atoms with E-state index in [0.29, 0.717) is 0 Å². The Balaban J connectivity index is 1.89. The summed E-state index contributed by atoms with van der Waals surface area (Å²) >= 11 is 1.64. The van der Waals surface area contributed by atoms with Crippen LogP contribution in [0.15, 0.2) is 53.4 Å². The van der Waals surface area contributed by atoms with Gasteiger partial charge in [-0.15, -0.1) is 11.3 Å². The number of benzene rings is 2. The standard InChI is InChI=1S/C18H17NO4S2/c1-11-3-8-16-14(9-11)10-17(24-16)13-4-6-15(7-5-13)25(22,23)19-12(2)18(20)21/h3-10,12,19H,1-2H3,(H,20,21)/t12-/m1/s1. The highest BCUT2D eigenvalue weighted by Gasteiger charge is 2.21. The van der Waals surface area contributed by atoms with Gasteiger partial charge >= 0.3 is 5.97 Å². The van der Waals surface area contributed by atoms with Crippen molar-refractivity contribution in [2.75, 3.05) is 0 Å². The Morgan fingerprint density at radius 1 is 1.12 bits per heavy atom. The fourth-order valence-corrected chi connectivity index (χ4v) is 4.70. The zero-order chi connectivity index (χ0) is 18.2. The van der Waals surface area contributed by atoms with Crippen LogP contribution in [0.5, 0.6) is 0 Å². The van der Waals surface area contributed by atoms with Gasteiger partial charge in [0.2, 0.25) is 10.0 Å². The maximum absolute atomic E-state index is 12.2. The molecule has 0 spiro atoms. The molecule has 0 saturated carbocycles. The lowest BCUT2D eigenvalue weighted by Gasteiger charge is -2.10. The fraction of sp³-hybridized carbons (Fsp3) is 0.167. The van der Waals surface area contributed by atoms with E-state index in [4.69, 9.17) is 5.11 Å². The molecule has 1 atom stereocenters. The molecule has 0 aliphatic heterocycles. The molecule has 0 amide bonds. The summed E-state index contributed by atoms with van der Waals surface area (Å²) in [6, 6.07) is 13.6. The Bertz CT molecular complexity index is 1040. The molecule has 0 bridgehead atoms. The number of hydrogen-bond acceptors (Lipinski definition) is 4. The first-order valence-corrected chi connectivity index (χ1v) is 9.92. The third-order valence-corrected chi connectivity index (χ3v) is 6.55. The highest BCUT2D eigenvalue weighted by atomic mass is 32.2. The number of carboxylic acid groups (broad SMARTS) is 1. The van der Waals surface area contributed by atoms with Gasteiger partial charge in [0.05, 0.1) is 4.90 Å². The largest absolute Gasteiger partial charge is 0.480 e. The predicted octanol–water partition coefficient (Wildman–Crippen LogP) is 3.63. The molecule has 2 aromatic carbocycles. The van der Waals surface area contributed by atoms with Gasteiger partial charge in [-0.2, -0.15) is 4.72 Å². The van der Waals surface area contributed by atoms with Crippen LogP contribution < -0.4 is 4.72 Å². The first-order valence-electron chi connectivity index (χ1n) is 7.62. The molecule has 7 heteroatoms. The van der Waals surface area contributed by atoms with Crippen molar-refractivity contribution in [2.24, 2.45) is 0 Å². The lowest BCUT2D eigenvalue weighted by atomic mass is 10.1. The predicted molar refractivity (Wildman–Crippen MR) is 99.4 cm³/mol. The van der Waals surface area contributed by atoms with Gasteiger partial charge in [0, 0.05) is 9.58 Å². The fourth-order valence-electron chi connectivity index (χ4n) is 2.45. The number of nitrogens with one attached hydrogen (secondary N) is 1. The van der Waals surface area contributed by atoms with Crippen molar-refractivity contribution in [3.63, 3.8) is 0 Å². The molecule has 1 aromatic heterocycles. The highest BCUT2D eigenvalue weighted by Crippen LogP contribution is 2.34. The van der Waals surface area contributed by atoms with Crippen LogP contribution in [0.25, 0.3) is 20.5 Å². The zero-order valence-electron chi connectivity index (χ0n) is 13.7. The number of aryl methyl sites for hydroxylation is 1. The van der Waals surface area contributed by atoms with Crippen molar-refractivity contribution >= 4 is 37.4 Å². The molecule has 0 saturated heterocycles. The van der Waals surface area contributed by atoms with E-state index in [1.165, 1.54) is 29.3 Å². The third kappa shape index (κ3) is 3.73. The molecule has 0 radical (unpaired) electrons. The lowest BCUT2D eigenvalue weighted by Crippen LogP contribution is -2.38. The van der Waals surface area contributed by atoms with Crippen LogP contribution in [0.1, 0.15) is 12.5 Å². The SMILES string of the molecule is Cc1ccc2sc(-c3ccc(S(=O)(=O)N[C@H](C)C(=O)O)cc3)cc2c1. The third-order valence-electron chi connectivity index (χ3n) is 3.82. The van der Waals surface area contributed by atoms with Gasteiger partial charge in [0.25, 0.3) is 0 Å². The van der Waals surface area contributed by atoms with Crippen LogP contribution in [0.3, 0.4) is 0 Å². The molecule has 5 nitrogen and oxygen atoms in total. The summed E-state index contributed by atoms with van der Waals surface area (Å²) in [4.78, 5) is 11.9. The molecule has 3 rings (SSSR count). The molecule has 0 fully saturated rings. The van der Waals surface area contributed by atoms with E-state index < -0.39 is 22.0 Å². The summed E-state index contributed by atoms with van der Waals surface area (Å²) in [5.41, 5.74) is 2.11. The molecular formula is C18H17NO4S2. The number of aliphatic carboxylic acids is 1. The maximum atomic E-state index is 12.2. The van der Waals surface area contributed by atoms with Crippen LogP contribution in [0, 0.1) is 6.92 Å². The van der Waals surface area contributed by atoms with Crippen molar-refractivity contribution in [1.82, 2.24) is 4.72 Å². The second-order valence-electron chi connectivity index (χ2n) is 5.86. The number of fused-ring (bicyclic) bond motifs is 1. The average Bonchev–Trinajstić information content (AvgIpc) is 2.97. The van der Waals surface area contributed by atoms with E-state index in [-0.39, 0.29) is 4.90 Å². The Morgan fingerprint density at radius 2 is 1.80 bits per heavy atom. The van der Waals surface area contributed by atoms with Gasteiger partial charge in [-0.25, -0.2) is 8.42 Å². The summed E-state index contributed by atoms with van der Waals surface area (Å²) < 4.78 is 27.7. The summed E-state index contributed by atoms with van der Waals surface area (Å²) in [5.74, 6) is -1.22. The van der Waals surface area contributed by atoms with Crippen molar-refractivity contribution < 1.29 is 18.3 Å². The number of carboxylic acids is 1. The zero-order valence-corrected chi connectivity index (χ0v) is 15.3. The van der Waals surface area contributed by atoms with E-state index in [0.717, 1.165) is 15.8 Å². The number of carbonyl (C=O) groups is 1. The van der Waals surface area contributed by atoms with Crippen molar-refractivity contribution in [1.29, 1.82) is 0 Å². The van der Waals surface area contributed by atoms with Gasteiger partial charge < -0.3 is 5.11 Å². The maximum Gasteiger partial charge on any atom is 0.321 e. The second-order valence-corrected chi connectivity index (χ2v) is 8.66. The summed E-state index contributed by atoms with van der Waals surface area (Å²) in [6.45, 7) is 3.33. The lowest BCUT2D eigenvalue weighted by molar-refractivity contribution is -0.138. The summed E-state index contributed by atoms with van der Waals surface area (Å²) in [5, 5.41) is 10.0. The highest BCUT2D eigenvalue weighted by molar-refractivity contribution is 7.89. The Labute approximate surface area is 150 Å². The van der Waals surface area contributed by atoms with Crippen LogP contribution >= 0.6 is 11.3 Å². The topological polar surface area (TPSA) is 83.5 Å². The molecule has 0 unspecified atom stereocenters. The van der Waals surface area contributed by atoms with E-state index in [1.54, 1.807) is 23.5 Å². The molecule has 1 heterocycles. The monoisotopic (exact) mass is 375 g/mol. The molecule has 3 aromatic rings. The molecule has 0 aliphatic carbocycles. The molecule has 2 N–H and O–H groups in total. The van der Waals surface area contributed by atoms with Crippen LogP contribution in [-0.2, 0) is 14.8 Å². The van der Waals surface area contributed by atoms with Gasteiger partial charge in [-0.05, 0) is 49.1 Å². The van der Waals surface area contributed by atoms with Gasteiger partial charge in [-0.1, -0.05) is 29.8 Å². The summed E-state index contributed by atoms with van der Waals surface area (Å²) in [6.07, 6.45) is 0. The summed E-state index contributed by atoms with van der Waals surface area (Å²) in [7, 11) is -3.86. The first kappa shape index (κ1) is 17.6. The minimum Gasteiger partial charge on any atom is -0.480 e. The van der Waals surface area contributed by atoms with Crippen molar-refractivity contribution in [3.8, 4) is 10.4 Å². The Hall–Kier alpha value is -2.22. The van der Waals surface area contributed by atoms with Crippen molar-refractivity contribution in [3.05, 3.63) is 54.1 Å². The van der Waals surface area contributed by atoms with Gasteiger partial charge in [0.15, 0.2) is 0 Å². The second kappa shape index (κ2) is 6.59. The minimum atomic E-state index is -3.86. The normalized spacial score (nSPS) is 13.0. The quantitative estimate of drug-likeness (QED) is 0.713. The molecule has 130 valence electrons. The number of thiophene rings is 1. The molecular weight excluding hydrogens is 358 g/mol. The number of rotatable bonds is 5. The molecule has 25 heavy (non-hydrogen) atoms. The van der Waals surface area contributed by atoms with Gasteiger partial charge in [-0.3, -0.25) is 4.79 Å². The Kier molecular flexibility index (Phi) is 4.64. The average molecular weight is 375 g/mol. The van der Waals surface area contributed by atoms with Crippen LogP contribution in [-0.4, -0.2) is 25.5 Å². The van der Waals surface area contributed by atoms with E-state index in [2.05, 4.69) is 29.0 Å². The number of hydrogen-bond donors (Lipinski definition) is 2. The van der Waals surface area contributed by atoms with Crippen LogP contribution in [0.4, 0.5) is 0 Å². The number of sulfonamides is 1. The van der Waals surface area contributed by atoms with E-state index >= 15 is 0 Å². The minimum absolute atomic E-state index is 0.0429. The van der Waals surface area contributed by atoms with Gasteiger partial charge in [0.1, 0.15) is 6.04 Å². The Morgan fingerprint density at radius 3 is 2.44 bits per heavy atom. The van der Waals surface area contributed by atoms with E-state index in [9.17, 15) is 13.2 Å². The van der Waals surface area contributed by atoms with Crippen molar-refractivity contribution in [2.45, 2.75) is 24.8 Å². The smallest absolute Gasteiger partial charge is 0.321 e. The first-order chi connectivity index (χ1) is 11.8. The van der Waals surface area contributed by atoms with Crippen LogP contribution in [0.2, 0.25) is 0 Å².